The topological polar surface area (TPSA) is 50.7 Å². The van der Waals surface area contributed by atoms with Gasteiger partial charge >= 0.3 is 0 Å². The van der Waals surface area contributed by atoms with Gasteiger partial charge in [0.15, 0.2) is 0 Å². The molecule has 0 aromatic heterocycles. The van der Waals surface area contributed by atoms with Crippen molar-refractivity contribution in [1.82, 2.24) is 5.32 Å². The van der Waals surface area contributed by atoms with Crippen molar-refractivity contribution in [2.45, 2.75) is 5.92 Å². The van der Waals surface area contributed by atoms with E-state index in [9.17, 15) is 5.11 Å². The van der Waals surface area contributed by atoms with Crippen LogP contribution in [0, 0.1) is 11.8 Å². The molecule has 0 aliphatic carbocycles. The molecular weight excluding hydrogens is 230 g/mol. The van der Waals surface area contributed by atoms with Crippen LogP contribution in [0.3, 0.4) is 0 Å². The van der Waals surface area contributed by atoms with Gasteiger partial charge in [-0.3, -0.25) is 0 Å². The van der Waals surface area contributed by atoms with E-state index in [1.54, 1.807) is 7.11 Å². The number of rotatable bonds is 2. The summed E-state index contributed by atoms with van der Waals surface area (Å²) in [5, 5.41) is 12.9. The molecule has 2 N–H and O–H groups in total. The molecule has 2 heterocycles. The Hall–Kier alpha value is -1.26. The Bertz CT molecular complexity index is 435. The number of nitrogens with one attached hydrogen (secondary N) is 1. The van der Waals surface area contributed by atoms with Gasteiger partial charge in [-0.15, -0.1) is 0 Å². The molecule has 1 fully saturated rings. The van der Waals surface area contributed by atoms with Gasteiger partial charge in [0.1, 0.15) is 11.5 Å². The lowest BCUT2D eigenvalue weighted by Gasteiger charge is -2.41. The summed E-state index contributed by atoms with van der Waals surface area (Å²) in [6, 6.07) is 5.97. The molecule has 4 heteroatoms. The molecule has 0 amide bonds. The van der Waals surface area contributed by atoms with Crippen molar-refractivity contribution in [2.24, 2.45) is 11.8 Å². The van der Waals surface area contributed by atoms with Crippen LogP contribution in [0.25, 0.3) is 0 Å². The van der Waals surface area contributed by atoms with Gasteiger partial charge in [0.25, 0.3) is 0 Å². The molecule has 2 aliphatic rings. The van der Waals surface area contributed by atoms with Gasteiger partial charge in [-0.05, 0) is 18.2 Å². The lowest BCUT2D eigenvalue weighted by atomic mass is 9.74. The minimum atomic E-state index is 0.219. The van der Waals surface area contributed by atoms with Gasteiger partial charge in [-0.1, -0.05) is 0 Å². The van der Waals surface area contributed by atoms with Gasteiger partial charge in [-0.25, -0.2) is 0 Å². The van der Waals surface area contributed by atoms with Crippen LogP contribution >= 0.6 is 0 Å². The maximum atomic E-state index is 9.46. The number of piperidine rings is 1. The zero-order chi connectivity index (χ0) is 12.5. The second kappa shape index (κ2) is 4.78. The van der Waals surface area contributed by atoms with Crippen LogP contribution in [0.5, 0.6) is 11.5 Å². The summed E-state index contributed by atoms with van der Waals surface area (Å²) in [5.41, 5.74) is 1.20. The largest absolute Gasteiger partial charge is 0.497 e. The first kappa shape index (κ1) is 11.8. The van der Waals surface area contributed by atoms with Crippen molar-refractivity contribution in [1.29, 1.82) is 0 Å². The van der Waals surface area contributed by atoms with Gasteiger partial charge in [0.05, 0.1) is 13.7 Å². The number of ether oxygens (including phenoxy) is 2. The molecule has 1 saturated heterocycles. The predicted molar refractivity (Wildman–Crippen MR) is 68.2 cm³/mol. The molecule has 0 spiro atoms. The molecule has 4 nitrogen and oxygen atoms in total. The maximum Gasteiger partial charge on any atom is 0.123 e. The van der Waals surface area contributed by atoms with E-state index in [1.165, 1.54) is 5.56 Å². The number of aliphatic hydroxyl groups is 1. The minimum Gasteiger partial charge on any atom is -0.497 e. The van der Waals surface area contributed by atoms with Crippen molar-refractivity contribution >= 4 is 0 Å². The number of benzene rings is 1. The summed E-state index contributed by atoms with van der Waals surface area (Å²) in [6.07, 6.45) is 0. The number of fused-ring (bicyclic) bond motifs is 3. The lowest BCUT2D eigenvalue weighted by molar-refractivity contribution is 0.0738. The Kier molecular flexibility index (Phi) is 3.14. The quantitative estimate of drug-likeness (QED) is 0.821. The van der Waals surface area contributed by atoms with E-state index < -0.39 is 0 Å². The molecule has 3 atom stereocenters. The molecule has 3 unspecified atom stereocenters. The highest BCUT2D eigenvalue weighted by Crippen LogP contribution is 2.42. The van der Waals surface area contributed by atoms with E-state index in [4.69, 9.17) is 9.47 Å². The van der Waals surface area contributed by atoms with Crippen molar-refractivity contribution < 1.29 is 14.6 Å². The average Bonchev–Trinajstić information content (AvgIpc) is 2.45. The average molecular weight is 249 g/mol. The van der Waals surface area contributed by atoms with Crippen molar-refractivity contribution in [2.75, 3.05) is 33.4 Å². The van der Waals surface area contributed by atoms with Crippen molar-refractivity contribution in [3.63, 3.8) is 0 Å². The summed E-state index contributed by atoms with van der Waals surface area (Å²) in [4.78, 5) is 0. The zero-order valence-electron chi connectivity index (χ0n) is 10.6. The third kappa shape index (κ3) is 1.85. The fourth-order valence-electron chi connectivity index (χ4n) is 3.11. The standard InChI is InChI=1S/C14H19NO3/c1-17-10-2-3-14-11(4-10)12-6-15-5-9(7-16)13(12)8-18-14/h2-4,9,12-13,15-16H,5-8H2,1H3. The van der Waals surface area contributed by atoms with E-state index in [1.807, 2.05) is 12.1 Å². The van der Waals surface area contributed by atoms with Gasteiger partial charge < -0.3 is 19.9 Å². The fourth-order valence-corrected chi connectivity index (χ4v) is 3.11. The maximum absolute atomic E-state index is 9.46. The summed E-state index contributed by atoms with van der Waals surface area (Å²) in [7, 11) is 1.68. The molecule has 0 radical (unpaired) electrons. The van der Waals surface area contributed by atoms with Crippen LogP contribution in [0.2, 0.25) is 0 Å². The second-order valence-corrected chi connectivity index (χ2v) is 5.09. The third-order valence-corrected chi connectivity index (χ3v) is 4.18. The number of methoxy groups -OCH3 is 1. The van der Waals surface area contributed by atoms with Crippen LogP contribution < -0.4 is 14.8 Å². The Balaban J connectivity index is 1.95. The zero-order valence-corrected chi connectivity index (χ0v) is 10.6. The highest BCUT2D eigenvalue weighted by atomic mass is 16.5. The molecule has 3 rings (SSSR count). The van der Waals surface area contributed by atoms with Crippen LogP contribution in [0.4, 0.5) is 0 Å². The van der Waals surface area contributed by atoms with E-state index in [-0.39, 0.29) is 12.5 Å². The van der Waals surface area contributed by atoms with Gasteiger partial charge in [0, 0.05) is 43.0 Å². The van der Waals surface area contributed by atoms with Crippen LogP contribution in [-0.4, -0.2) is 38.5 Å². The Morgan fingerprint density at radius 1 is 1.44 bits per heavy atom. The van der Waals surface area contributed by atoms with Crippen LogP contribution in [0.15, 0.2) is 18.2 Å². The normalized spacial score (nSPS) is 30.0. The highest BCUT2D eigenvalue weighted by Gasteiger charge is 2.38. The lowest BCUT2D eigenvalue weighted by Crippen LogP contribution is -2.47. The van der Waals surface area contributed by atoms with E-state index >= 15 is 0 Å². The Morgan fingerprint density at radius 3 is 3.11 bits per heavy atom. The molecule has 98 valence electrons. The highest BCUT2D eigenvalue weighted by molar-refractivity contribution is 5.44. The number of hydrogen-bond acceptors (Lipinski definition) is 4. The monoisotopic (exact) mass is 249 g/mol. The first-order chi connectivity index (χ1) is 8.83. The Labute approximate surface area is 107 Å². The molecule has 2 aliphatic heterocycles. The van der Waals surface area contributed by atoms with Gasteiger partial charge in [0.2, 0.25) is 0 Å². The third-order valence-electron chi connectivity index (χ3n) is 4.18. The van der Waals surface area contributed by atoms with Crippen molar-refractivity contribution in [3.8, 4) is 11.5 Å². The first-order valence-corrected chi connectivity index (χ1v) is 6.45. The minimum absolute atomic E-state index is 0.219. The second-order valence-electron chi connectivity index (χ2n) is 5.09. The SMILES string of the molecule is COc1ccc2c(c1)C1CNCC(CO)C1CO2. The van der Waals surface area contributed by atoms with E-state index in [0.29, 0.717) is 18.4 Å². The molecular formula is C14H19NO3. The van der Waals surface area contributed by atoms with Crippen molar-refractivity contribution in [3.05, 3.63) is 23.8 Å². The summed E-state index contributed by atoms with van der Waals surface area (Å²) in [5.74, 6) is 2.91. The molecule has 1 aromatic rings. The van der Waals surface area contributed by atoms with E-state index in [2.05, 4.69) is 11.4 Å². The molecule has 18 heavy (non-hydrogen) atoms. The number of aliphatic hydroxyl groups excluding tert-OH is 1. The van der Waals surface area contributed by atoms with Crippen LogP contribution in [0.1, 0.15) is 11.5 Å². The molecule has 0 saturated carbocycles. The predicted octanol–water partition coefficient (Wildman–Crippen LogP) is 0.999. The molecule has 1 aromatic carbocycles. The van der Waals surface area contributed by atoms with E-state index in [0.717, 1.165) is 24.6 Å². The summed E-state index contributed by atoms with van der Waals surface area (Å²) >= 11 is 0. The Morgan fingerprint density at radius 2 is 2.33 bits per heavy atom. The van der Waals surface area contributed by atoms with Gasteiger partial charge in [-0.2, -0.15) is 0 Å². The van der Waals surface area contributed by atoms with Crippen LogP contribution in [-0.2, 0) is 0 Å². The number of hydrogen-bond donors (Lipinski definition) is 2. The smallest absolute Gasteiger partial charge is 0.123 e. The fraction of sp³-hybridized carbons (Fsp3) is 0.571. The summed E-state index contributed by atoms with van der Waals surface area (Å²) < 4.78 is 11.1. The summed E-state index contributed by atoms with van der Waals surface area (Å²) in [6.45, 7) is 2.75. The molecule has 0 bridgehead atoms. The first-order valence-electron chi connectivity index (χ1n) is 6.45.